The monoisotopic (exact) mass is 352 g/mol. The Balaban J connectivity index is 1.78. The summed E-state index contributed by atoms with van der Waals surface area (Å²) in [4.78, 5) is 4.23. The van der Waals surface area contributed by atoms with Gasteiger partial charge in [0.1, 0.15) is 11.6 Å². The van der Waals surface area contributed by atoms with Crippen molar-refractivity contribution < 1.29 is 4.39 Å². The van der Waals surface area contributed by atoms with E-state index in [-0.39, 0.29) is 17.7 Å². The zero-order chi connectivity index (χ0) is 18.1. The first-order valence-corrected chi connectivity index (χ1v) is 9.32. The molecule has 4 N–H and O–H groups in total. The van der Waals surface area contributed by atoms with Crippen LogP contribution >= 0.6 is 0 Å². The molecule has 3 unspecified atom stereocenters. The predicted octanol–water partition coefficient (Wildman–Crippen LogP) is 4.12. The maximum atomic E-state index is 14.6. The third kappa shape index (κ3) is 3.31. The Labute approximate surface area is 153 Å². The summed E-state index contributed by atoms with van der Waals surface area (Å²) in [5.41, 5.74) is 7.90. The standard InChI is InChI=1S/C21H25FN4/c1-13-4-2-6-18(22)21(13)14-8-15-11-25-20(23)10-17(15)19(9-14)26-16-5-3-7-24-12-16/h2,4,6,8-11,13,16,21,24,26H,3,5,7,12H2,1H3,(H2,23,25). The van der Waals surface area contributed by atoms with Gasteiger partial charge in [-0.1, -0.05) is 19.1 Å². The number of piperidine rings is 1. The average molecular weight is 352 g/mol. The molecule has 2 aliphatic rings. The number of pyridine rings is 1. The second-order valence-corrected chi connectivity index (χ2v) is 7.36. The van der Waals surface area contributed by atoms with Crippen LogP contribution in [-0.2, 0) is 0 Å². The molecule has 1 aromatic heterocycles. The molecule has 0 amide bonds. The Bertz CT molecular complexity index is 868. The van der Waals surface area contributed by atoms with E-state index in [1.807, 2.05) is 12.1 Å². The molecular weight excluding hydrogens is 327 g/mol. The van der Waals surface area contributed by atoms with Crippen molar-refractivity contribution in [3.05, 3.63) is 54.0 Å². The van der Waals surface area contributed by atoms with Crippen molar-refractivity contribution in [2.24, 2.45) is 5.92 Å². The number of anilines is 2. The lowest BCUT2D eigenvalue weighted by Crippen LogP contribution is -2.38. The van der Waals surface area contributed by atoms with Gasteiger partial charge >= 0.3 is 0 Å². The van der Waals surface area contributed by atoms with Crippen LogP contribution < -0.4 is 16.4 Å². The Morgan fingerprint density at radius 1 is 1.31 bits per heavy atom. The predicted molar refractivity (Wildman–Crippen MR) is 106 cm³/mol. The number of allylic oxidation sites excluding steroid dienone is 4. The van der Waals surface area contributed by atoms with Crippen LogP contribution in [0.1, 0.15) is 31.2 Å². The highest BCUT2D eigenvalue weighted by molar-refractivity contribution is 5.95. The molecule has 0 saturated carbocycles. The number of fused-ring (bicyclic) bond motifs is 1. The van der Waals surface area contributed by atoms with Crippen LogP contribution in [-0.4, -0.2) is 24.1 Å². The molecular formula is C21H25FN4. The number of benzene rings is 1. The average Bonchev–Trinajstić information content (AvgIpc) is 2.63. The van der Waals surface area contributed by atoms with Crippen molar-refractivity contribution >= 4 is 22.3 Å². The minimum absolute atomic E-state index is 0.0898. The van der Waals surface area contributed by atoms with E-state index >= 15 is 0 Å². The van der Waals surface area contributed by atoms with Crippen molar-refractivity contribution in [2.75, 3.05) is 24.1 Å². The van der Waals surface area contributed by atoms with E-state index in [0.29, 0.717) is 11.9 Å². The number of nitrogens with two attached hydrogens (primary N) is 1. The molecule has 1 aromatic carbocycles. The van der Waals surface area contributed by atoms with Crippen LogP contribution in [0.15, 0.2) is 48.5 Å². The van der Waals surface area contributed by atoms with Gasteiger partial charge < -0.3 is 16.4 Å². The van der Waals surface area contributed by atoms with E-state index in [0.717, 1.165) is 48.0 Å². The number of nitrogens with zero attached hydrogens (tertiary/aromatic N) is 1. The summed E-state index contributed by atoms with van der Waals surface area (Å²) in [6.45, 7) is 4.05. The van der Waals surface area contributed by atoms with Gasteiger partial charge in [-0.3, -0.25) is 0 Å². The molecule has 1 saturated heterocycles. The lowest BCUT2D eigenvalue weighted by atomic mass is 9.82. The maximum absolute atomic E-state index is 14.6. The Kier molecular flexibility index (Phi) is 4.64. The molecule has 0 spiro atoms. The van der Waals surface area contributed by atoms with E-state index in [1.54, 1.807) is 18.3 Å². The third-order valence-corrected chi connectivity index (χ3v) is 5.39. The van der Waals surface area contributed by atoms with Crippen LogP contribution in [0.25, 0.3) is 10.8 Å². The first-order valence-electron chi connectivity index (χ1n) is 9.32. The summed E-state index contributed by atoms with van der Waals surface area (Å²) in [6, 6.07) is 6.39. The largest absolute Gasteiger partial charge is 0.384 e. The molecule has 1 aliphatic heterocycles. The van der Waals surface area contributed by atoms with Crippen LogP contribution in [0.2, 0.25) is 0 Å². The Hall–Kier alpha value is -2.40. The van der Waals surface area contributed by atoms with Gasteiger partial charge in [0, 0.05) is 41.2 Å². The molecule has 136 valence electrons. The van der Waals surface area contributed by atoms with Crippen molar-refractivity contribution in [3.8, 4) is 0 Å². The van der Waals surface area contributed by atoms with Gasteiger partial charge in [-0.25, -0.2) is 9.37 Å². The molecule has 2 aromatic rings. The van der Waals surface area contributed by atoms with Gasteiger partial charge in [0.05, 0.1) is 0 Å². The van der Waals surface area contributed by atoms with Gasteiger partial charge in [0.2, 0.25) is 0 Å². The van der Waals surface area contributed by atoms with E-state index < -0.39 is 0 Å². The van der Waals surface area contributed by atoms with E-state index in [2.05, 4.69) is 34.7 Å². The summed E-state index contributed by atoms with van der Waals surface area (Å²) in [5.74, 6) is 0.263. The zero-order valence-electron chi connectivity index (χ0n) is 15.0. The summed E-state index contributed by atoms with van der Waals surface area (Å²) >= 11 is 0. The quantitative estimate of drug-likeness (QED) is 0.777. The van der Waals surface area contributed by atoms with Crippen LogP contribution in [0.3, 0.4) is 0 Å². The zero-order valence-corrected chi connectivity index (χ0v) is 15.0. The topological polar surface area (TPSA) is 63.0 Å². The minimum atomic E-state index is -0.257. The highest BCUT2D eigenvalue weighted by atomic mass is 19.1. The first-order chi connectivity index (χ1) is 12.6. The third-order valence-electron chi connectivity index (χ3n) is 5.39. The number of rotatable bonds is 3. The summed E-state index contributed by atoms with van der Waals surface area (Å²) in [7, 11) is 0. The maximum Gasteiger partial charge on any atom is 0.123 e. The van der Waals surface area contributed by atoms with E-state index in [9.17, 15) is 4.39 Å². The van der Waals surface area contributed by atoms with Crippen LogP contribution in [0.5, 0.6) is 0 Å². The lowest BCUT2D eigenvalue weighted by Gasteiger charge is -2.28. The van der Waals surface area contributed by atoms with Crippen molar-refractivity contribution in [2.45, 2.75) is 31.7 Å². The molecule has 1 fully saturated rings. The number of hydrogen-bond donors (Lipinski definition) is 3. The molecule has 1 aliphatic carbocycles. The minimum Gasteiger partial charge on any atom is -0.384 e. The Morgan fingerprint density at radius 2 is 2.19 bits per heavy atom. The highest BCUT2D eigenvalue weighted by Gasteiger charge is 2.25. The smallest absolute Gasteiger partial charge is 0.123 e. The second kappa shape index (κ2) is 7.08. The fraction of sp³-hybridized carbons (Fsp3) is 0.381. The van der Waals surface area contributed by atoms with Gasteiger partial charge in [0.15, 0.2) is 0 Å². The summed E-state index contributed by atoms with van der Waals surface area (Å²) in [5, 5.41) is 9.10. The molecule has 4 nitrogen and oxygen atoms in total. The molecule has 2 heterocycles. The van der Waals surface area contributed by atoms with Crippen LogP contribution in [0.4, 0.5) is 15.9 Å². The molecule has 5 heteroatoms. The van der Waals surface area contributed by atoms with E-state index in [1.165, 1.54) is 0 Å². The van der Waals surface area contributed by atoms with Gasteiger partial charge in [-0.05, 0) is 55.1 Å². The first kappa shape index (κ1) is 17.0. The van der Waals surface area contributed by atoms with Gasteiger partial charge in [-0.15, -0.1) is 0 Å². The fourth-order valence-electron chi connectivity index (χ4n) is 4.04. The second-order valence-electron chi connectivity index (χ2n) is 7.36. The summed E-state index contributed by atoms with van der Waals surface area (Å²) in [6.07, 6.45) is 9.47. The van der Waals surface area contributed by atoms with Crippen LogP contribution in [0, 0.1) is 5.92 Å². The SMILES string of the molecule is CC1C=CC=C(F)C1c1cc(NC2CCCNC2)c2cc(N)ncc2c1. The number of aromatic nitrogens is 1. The molecule has 26 heavy (non-hydrogen) atoms. The molecule has 3 atom stereocenters. The fourth-order valence-corrected chi connectivity index (χ4v) is 4.04. The van der Waals surface area contributed by atoms with Crippen molar-refractivity contribution in [1.29, 1.82) is 0 Å². The normalized spacial score (nSPS) is 25.9. The molecule has 0 bridgehead atoms. The van der Waals surface area contributed by atoms with Gasteiger partial charge in [-0.2, -0.15) is 0 Å². The molecule has 4 rings (SSSR count). The molecule has 0 radical (unpaired) electrons. The van der Waals surface area contributed by atoms with E-state index in [4.69, 9.17) is 5.73 Å². The number of halogens is 1. The number of hydrogen-bond acceptors (Lipinski definition) is 4. The Morgan fingerprint density at radius 3 is 2.96 bits per heavy atom. The number of nitrogens with one attached hydrogen (secondary N) is 2. The lowest BCUT2D eigenvalue weighted by molar-refractivity contribution is 0.474. The van der Waals surface area contributed by atoms with Crippen molar-refractivity contribution in [1.82, 2.24) is 10.3 Å². The van der Waals surface area contributed by atoms with Crippen molar-refractivity contribution in [3.63, 3.8) is 0 Å². The van der Waals surface area contributed by atoms with Gasteiger partial charge in [0.25, 0.3) is 0 Å². The number of nitrogen functional groups attached to an aromatic ring is 1. The highest BCUT2D eigenvalue weighted by Crippen LogP contribution is 2.39. The summed E-state index contributed by atoms with van der Waals surface area (Å²) < 4.78 is 14.6.